The summed E-state index contributed by atoms with van der Waals surface area (Å²) >= 11 is 5.95. The standard InChI is InChI=1S/C16H14ClN3/c1-2-14-15(11-7-9-18-10-8-11)16(20-19-14)12-3-5-13(17)6-4-12/h3-10H,2H2,1H3,(H,19,20). The molecule has 0 atom stereocenters. The summed E-state index contributed by atoms with van der Waals surface area (Å²) in [6.07, 6.45) is 4.50. The molecule has 0 unspecified atom stereocenters. The van der Waals surface area contributed by atoms with Gasteiger partial charge in [-0.15, -0.1) is 0 Å². The van der Waals surface area contributed by atoms with Crippen LogP contribution in [0.5, 0.6) is 0 Å². The molecule has 100 valence electrons. The normalized spacial score (nSPS) is 10.7. The Kier molecular flexibility index (Phi) is 3.52. The van der Waals surface area contributed by atoms with Crippen LogP contribution in [0, 0.1) is 0 Å². The molecule has 0 aliphatic heterocycles. The Morgan fingerprint density at radius 2 is 1.70 bits per heavy atom. The van der Waals surface area contributed by atoms with Gasteiger partial charge in [0.25, 0.3) is 0 Å². The van der Waals surface area contributed by atoms with Gasteiger partial charge in [-0.25, -0.2) is 0 Å². The third-order valence-corrected chi connectivity index (χ3v) is 3.53. The van der Waals surface area contributed by atoms with E-state index in [-0.39, 0.29) is 0 Å². The van der Waals surface area contributed by atoms with Crippen molar-refractivity contribution in [2.24, 2.45) is 0 Å². The van der Waals surface area contributed by atoms with Gasteiger partial charge in [-0.2, -0.15) is 5.10 Å². The lowest BCUT2D eigenvalue weighted by Gasteiger charge is -2.05. The highest BCUT2D eigenvalue weighted by Crippen LogP contribution is 2.33. The summed E-state index contributed by atoms with van der Waals surface area (Å²) in [6.45, 7) is 2.11. The molecule has 1 N–H and O–H groups in total. The molecule has 1 aromatic carbocycles. The fourth-order valence-electron chi connectivity index (χ4n) is 2.28. The summed E-state index contributed by atoms with van der Waals surface area (Å²) in [4.78, 5) is 4.08. The lowest BCUT2D eigenvalue weighted by atomic mass is 9.99. The lowest BCUT2D eigenvalue weighted by molar-refractivity contribution is 0.977. The van der Waals surface area contributed by atoms with Crippen molar-refractivity contribution >= 4 is 11.6 Å². The quantitative estimate of drug-likeness (QED) is 0.776. The lowest BCUT2D eigenvalue weighted by Crippen LogP contribution is -1.87. The predicted octanol–water partition coefficient (Wildman–Crippen LogP) is 4.35. The van der Waals surface area contributed by atoms with Crippen molar-refractivity contribution < 1.29 is 0 Å². The van der Waals surface area contributed by atoms with Gasteiger partial charge < -0.3 is 0 Å². The molecule has 2 heterocycles. The zero-order valence-electron chi connectivity index (χ0n) is 11.1. The second kappa shape index (κ2) is 5.47. The number of benzene rings is 1. The zero-order valence-corrected chi connectivity index (χ0v) is 11.9. The first-order valence-electron chi connectivity index (χ1n) is 6.53. The average Bonchev–Trinajstić information content (AvgIpc) is 2.93. The van der Waals surface area contributed by atoms with Crippen LogP contribution >= 0.6 is 11.6 Å². The number of hydrogen-bond donors (Lipinski definition) is 1. The molecule has 0 aliphatic rings. The molecule has 3 aromatic rings. The second-order valence-corrected chi connectivity index (χ2v) is 4.96. The number of aryl methyl sites for hydroxylation is 1. The SMILES string of the molecule is CCc1[nH]nc(-c2ccc(Cl)cc2)c1-c1ccncc1. The first-order chi connectivity index (χ1) is 9.79. The van der Waals surface area contributed by atoms with Gasteiger partial charge in [-0.05, 0) is 36.2 Å². The molecule has 0 saturated heterocycles. The minimum Gasteiger partial charge on any atom is -0.281 e. The number of pyridine rings is 1. The van der Waals surface area contributed by atoms with E-state index in [4.69, 9.17) is 11.6 Å². The fourth-order valence-corrected chi connectivity index (χ4v) is 2.41. The molecular weight excluding hydrogens is 270 g/mol. The Balaban J connectivity index is 2.17. The molecule has 0 aliphatic carbocycles. The summed E-state index contributed by atoms with van der Waals surface area (Å²) in [5, 5.41) is 8.33. The van der Waals surface area contributed by atoms with Gasteiger partial charge in [0.15, 0.2) is 0 Å². The first-order valence-corrected chi connectivity index (χ1v) is 6.91. The highest BCUT2D eigenvalue weighted by atomic mass is 35.5. The van der Waals surface area contributed by atoms with E-state index in [0.717, 1.165) is 39.5 Å². The molecule has 3 nitrogen and oxygen atoms in total. The summed E-state index contributed by atoms with van der Waals surface area (Å²) in [5.41, 5.74) is 5.39. The Labute approximate surface area is 122 Å². The summed E-state index contributed by atoms with van der Waals surface area (Å²) in [7, 11) is 0. The van der Waals surface area contributed by atoms with Crippen LogP contribution in [0.2, 0.25) is 5.02 Å². The van der Waals surface area contributed by atoms with E-state index in [1.807, 2.05) is 36.4 Å². The van der Waals surface area contributed by atoms with Crippen molar-refractivity contribution in [3.63, 3.8) is 0 Å². The number of nitrogens with zero attached hydrogens (tertiary/aromatic N) is 2. The molecule has 2 aromatic heterocycles. The zero-order chi connectivity index (χ0) is 13.9. The van der Waals surface area contributed by atoms with Gasteiger partial charge in [0.1, 0.15) is 5.69 Å². The molecule has 20 heavy (non-hydrogen) atoms. The van der Waals surface area contributed by atoms with Gasteiger partial charge in [0.2, 0.25) is 0 Å². The number of aromatic nitrogens is 3. The summed E-state index contributed by atoms with van der Waals surface area (Å²) in [6, 6.07) is 11.7. The molecule has 0 radical (unpaired) electrons. The molecule has 0 spiro atoms. The van der Waals surface area contributed by atoms with Gasteiger partial charge in [0, 0.05) is 34.2 Å². The van der Waals surface area contributed by atoms with Crippen LogP contribution in [0.4, 0.5) is 0 Å². The average molecular weight is 284 g/mol. The summed E-state index contributed by atoms with van der Waals surface area (Å²) < 4.78 is 0. The Morgan fingerprint density at radius 1 is 1.00 bits per heavy atom. The molecule has 0 bridgehead atoms. The van der Waals surface area contributed by atoms with Gasteiger partial charge >= 0.3 is 0 Å². The highest BCUT2D eigenvalue weighted by molar-refractivity contribution is 6.30. The van der Waals surface area contributed by atoms with Crippen molar-refractivity contribution in [2.45, 2.75) is 13.3 Å². The van der Waals surface area contributed by atoms with Crippen molar-refractivity contribution in [3.8, 4) is 22.4 Å². The molecule has 3 rings (SSSR count). The third kappa shape index (κ3) is 2.32. The molecule has 4 heteroatoms. The number of hydrogen-bond acceptors (Lipinski definition) is 2. The molecule has 0 fully saturated rings. The van der Waals surface area contributed by atoms with E-state index in [9.17, 15) is 0 Å². The van der Waals surface area contributed by atoms with Crippen LogP contribution in [-0.2, 0) is 6.42 Å². The van der Waals surface area contributed by atoms with Gasteiger partial charge in [-0.3, -0.25) is 10.1 Å². The van der Waals surface area contributed by atoms with E-state index in [1.54, 1.807) is 12.4 Å². The van der Waals surface area contributed by atoms with Crippen LogP contribution in [0.3, 0.4) is 0 Å². The maximum Gasteiger partial charge on any atom is 0.100 e. The Morgan fingerprint density at radius 3 is 2.35 bits per heavy atom. The van der Waals surface area contributed by atoms with Crippen molar-refractivity contribution in [1.29, 1.82) is 0 Å². The van der Waals surface area contributed by atoms with E-state index < -0.39 is 0 Å². The van der Waals surface area contributed by atoms with Crippen LogP contribution in [-0.4, -0.2) is 15.2 Å². The number of rotatable bonds is 3. The monoisotopic (exact) mass is 283 g/mol. The number of nitrogens with one attached hydrogen (secondary N) is 1. The van der Waals surface area contributed by atoms with Crippen molar-refractivity contribution in [1.82, 2.24) is 15.2 Å². The molecular formula is C16H14ClN3. The summed E-state index contributed by atoms with van der Waals surface area (Å²) in [5.74, 6) is 0. The van der Waals surface area contributed by atoms with Crippen LogP contribution in [0.1, 0.15) is 12.6 Å². The van der Waals surface area contributed by atoms with Crippen molar-refractivity contribution in [2.75, 3.05) is 0 Å². The van der Waals surface area contributed by atoms with E-state index >= 15 is 0 Å². The number of halogens is 1. The topological polar surface area (TPSA) is 41.6 Å². The van der Waals surface area contributed by atoms with Crippen LogP contribution in [0.25, 0.3) is 22.4 Å². The van der Waals surface area contributed by atoms with E-state index in [0.29, 0.717) is 0 Å². The fraction of sp³-hybridized carbons (Fsp3) is 0.125. The number of H-pyrrole nitrogens is 1. The van der Waals surface area contributed by atoms with Crippen LogP contribution < -0.4 is 0 Å². The maximum absolute atomic E-state index is 5.95. The molecule has 0 saturated carbocycles. The minimum absolute atomic E-state index is 0.727. The highest BCUT2D eigenvalue weighted by Gasteiger charge is 2.15. The Hall–Kier alpha value is -2.13. The second-order valence-electron chi connectivity index (χ2n) is 4.52. The van der Waals surface area contributed by atoms with E-state index in [2.05, 4.69) is 22.1 Å². The van der Waals surface area contributed by atoms with Crippen molar-refractivity contribution in [3.05, 3.63) is 59.5 Å². The third-order valence-electron chi connectivity index (χ3n) is 3.28. The largest absolute Gasteiger partial charge is 0.281 e. The number of aromatic amines is 1. The smallest absolute Gasteiger partial charge is 0.100 e. The van der Waals surface area contributed by atoms with Gasteiger partial charge in [-0.1, -0.05) is 30.7 Å². The van der Waals surface area contributed by atoms with Gasteiger partial charge in [0.05, 0.1) is 0 Å². The van der Waals surface area contributed by atoms with E-state index in [1.165, 1.54) is 0 Å². The predicted molar refractivity (Wildman–Crippen MR) is 81.6 cm³/mol. The molecule has 0 amide bonds. The Bertz CT molecular complexity index is 702. The minimum atomic E-state index is 0.727. The van der Waals surface area contributed by atoms with Crippen LogP contribution in [0.15, 0.2) is 48.8 Å². The first kappa shape index (κ1) is 12.9. The maximum atomic E-state index is 5.95.